The molecule has 0 aliphatic carbocycles. The number of nitrogens with one attached hydrogen (secondary N) is 1. The molecular weight excluding hydrogens is 356 g/mol. The van der Waals surface area contributed by atoms with Crippen molar-refractivity contribution < 1.29 is 14.2 Å². The molecule has 2 aliphatic heterocycles. The van der Waals surface area contributed by atoms with Gasteiger partial charge in [0.25, 0.3) is 0 Å². The SMILES string of the molecule is CN=C(NCC(c1ccc(OC)cc1)N(C)C)N1CCOC(C2CCCO2)C1. The summed E-state index contributed by atoms with van der Waals surface area (Å²) in [5, 5.41) is 3.57. The van der Waals surface area contributed by atoms with Crippen molar-refractivity contribution in [2.75, 3.05) is 61.1 Å². The molecule has 0 amide bonds. The van der Waals surface area contributed by atoms with Gasteiger partial charge in [0.1, 0.15) is 11.9 Å². The Balaban J connectivity index is 1.60. The minimum absolute atomic E-state index is 0.126. The van der Waals surface area contributed by atoms with Gasteiger partial charge in [0, 0.05) is 33.3 Å². The van der Waals surface area contributed by atoms with E-state index in [2.05, 4.69) is 46.3 Å². The lowest BCUT2D eigenvalue weighted by Crippen LogP contribution is -2.54. The molecule has 1 aromatic carbocycles. The first kappa shape index (κ1) is 20.9. The maximum absolute atomic E-state index is 5.97. The minimum atomic E-state index is 0.126. The van der Waals surface area contributed by atoms with E-state index in [0.29, 0.717) is 6.61 Å². The van der Waals surface area contributed by atoms with Crippen molar-refractivity contribution in [1.82, 2.24) is 15.1 Å². The van der Waals surface area contributed by atoms with Crippen molar-refractivity contribution in [2.24, 2.45) is 4.99 Å². The molecule has 7 nitrogen and oxygen atoms in total. The first-order valence-corrected chi connectivity index (χ1v) is 10.1. The maximum Gasteiger partial charge on any atom is 0.193 e. The zero-order valence-corrected chi connectivity index (χ0v) is 17.6. The van der Waals surface area contributed by atoms with Crippen LogP contribution in [0.2, 0.25) is 0 Å². The first-order valence-electron chi connectivity index (χ1n) is 10.1. The number of benzene rings is 1. The van der Waals surface area contributed by atoms with Crippen molar-refractivity contribution >= 4 is 5.96 Å². The Morgan fingerprint density at radius 1 is 1.25 bits per heavy atom. The topological polar surface area (TPSA) is 58.6 Å². The molecule has 0 saturated carbocycles. The van der Waals surface area contributed by atoms with Crippen LogP contribution in [0.15, 0.2) is 29.3 Å². The van der Waals surface area contributed by atoms with Crippen LogP contribution in [0.5, 0.6) is 5.75 Å². The number of guanidine groups is 1. The second kappa shape index (κ2) is 10.1. The smallest absolute Gasteiger partial charge is 0.193 e. The van der Waals surface area contributed by atoms with Gasteiger partial charge in [0.05, 0.1) is 25.9 Å². The number of morpholine rings is 1. The molecule has 0 aromatic heterocycles. The van der Waals surface area contributed by atoms with E-state index < -0.39 is 0 Å². The van der Waals surface area contributed by atoms with Gasteiger partial charge in [0.15, 0.2) is 5.96 Å². The van der Waals surface area contributed by atoms with Gasteiger partial charge >= 0.3 is 0 Å². The van der Waals surface area contributed by atoms with Crippen LogP contribution in [0.25, 0.3) is 0 Å². The van der Waals surface area contributed by atoms with Crippen LogP contribution >= 0.6 is 0 Å². The van der Waals surface area contributed by atoms with E-state index in [1.165, 1.54) is 5.56 Å². The molecule has 3 unspecified atom stereocenters. The Morgan fingerprint density at radius 2 is 2.00 bits per heavy atom. The van der Waals surface area contributed by atoms with E-state index in [-0.39, 0.29) is 18.2 Å². The molecule has 2 aliphatic rings. The van der Waals surface area contributed by atoms with Gasteiger partial charge in [-0.3, -0.25) is 4.99 Å². The van der Waals surface area contributed by atoms with Gasteiger partial charge in [-0.1, -0.05) is 12.1 Å². The molecule has 2 heterocycles. The summed E-state index contributed by atoms with van der Waals surface area (Å²) in [6, 6.07) is 8.49. The van der Waals surface area contributed by atoms with E-state index in [1.54, 1.807) is 7.11 Å². The third kappa shape index (κ3) is 5.16. The molecule has 1 N–H and O–H groups in total. The predicted molar refractivity (Wildman–Crippen MR) is 111 cm³/mol. The number of aliphatic imine (C=N–C) groups is 1. The highest BCUT2D eigenvalue weighted by molar-refractivity contribution is 5.80. The molecule has 2 saturated heterocycles. The fraction of sp³-hybridized carbons (Fsp3) is 0.667. The number of hydrogen-bond donors (Lipinski definition) is 1. The number of methoxy groups -OCH3 is 1. The molecule has 3 rings (SSSR count). The van der Waals surface area contributed by atoms with Crippen LogP contribution in [-0.2, 0) is 9.47 Å². The summed E-state index contributed by atoms with van der Waals surface area (Å²) in [7, 11) is 7.73. The van der Waals surface area contributed by atoms with Crippen LogP contribution in [0, 0.1) is 0 Å². The molecule has 156 valence electrons. The Morgan fingerprint density at radius 3 is 2.61 bits per heavy atom. The summed E-state index contributed by atoms with van der Waals surface area (Å²) in [4.78, 5) is 9.03. The highest BCUT2D eigenvalue weighted by Gasteiger charge is 2.32. The van der Waals surface area contributed by atoms with Crippen molar-refractivity contribution in [3.63, 3.8) is 0 Å². The van der Waals surface area contributed by atoms with Crippen LogP contribution < -0.4 is 10.1 Å². The Bertz CT molecular complexity index is 629. The monoisotopic (exact) mass is 390 g/mol. The molecule has 2 fully saturated rings. The molecule has 0 radical (unpaired) electrons. The average Bonchev–Trinajstić information content (AvgIpc) is 3.26. The summed E-state index contributed by atoms with van der Waals surface area (Å²) in [6.07, 6.45) is 2.56. The largest absolute Gasteiger partial charge is 0.497 e. The fourth-order valence-corrected chi connectivity index (χ4v) is 3.93. The summed E-state index contributed by atoms with van der Waals surface area (Å²) in [5.74, 6) is 1.80. The first-order chi connectivity index (χ1) is 13.6. The van der Waals surface area contributed by atoms with Gasteiger partial charge in [0.2, 0.25) is 0 Å². The average molecular weight is 391 g/mol. The summed E-state index contributed by atoms with van der Waals surface area (Å²) >= 11 is 0. The minimum Gasteiger partial charge on any atom is -0.497 e. The molecule has 1 aromatic rings. The Hall–Kier alpha value is -1.83. The second-order valence-electron chi connectivity index (χ2n) is 7.59. The lowest BCUT2D eigenvalue weighted by molar-refractivity contribution is -0.0817. The van der Waals surface area contributed by atoms with Gasteiger partial charge in [-0.25, -0.2) is 0 Å². The quantitative estimate of drug-likeness (QED) is 0.590. The molecule has 28 heavy (non-hydrogen) atoms. The van der Waals surface area contributed by atoms with E-state index in [0.717, 1.165) is 50.8 Å². The van der Waals surface area contributed by atoms with Gasteiger partial charge < -0.3 is 29.3 Å². The Labute approximate surface area is 168 Å². The van der Waals surface area contributed by atoms with Crippen LogP contribution in [0.3, 0.4) is 0 Å². The molecular formula is C21H34N4O3. The van der Waals surface area contributed by atoms with E-state index in [9.17, 15) is 0 Å². The van der Waals surface area contributed by atoms with Crippen molar-refractivity contribution in [3.05, 3.63) is 29.8 Å². The van der Waals surface area contributed by atoms with Crippen molar-refractivity contribution in [3.8, 4) is 5.75 Å². The maximum atomic E-state index is 5.97. The Kier molecular flexibility index (Phi) is 7.53. The van der Waals surface area contributed by atoms with Crippen LogP contribution in [0.1, 0.15) is 24.4 Å². The third-order valence-electron chi connectivity index (χ3n) is 5.56. The van der Waals surface area contributed by atoms with Crippen molar-refractivity contribution in [1.29, 1.82) is 0 Å². The van der Waals surface area contributed by atoms with Crippen LogP contribution in [0.4, 0.5) is 0 Å². The van der Waals surface area contributed by atoms with Gasteiger partial charge in [-0.05, 0) is 44.6 Å². The highest BCUT2D eigenvalue weighted by Crippen LogP contribution is 2.22. The standard InChI is InChI=1S/C21H34N4O3/c1-22-21(25-11-13-28-20(15-25)19-6-5-12-27-19)23-14-18(24(2)3)16-7-9-17(26-4)10-8-16/h7-10,18-20H,5-6,11-15H2,1-4H3,(H,22,23). The van der Waals surface area contributed by atoms with E-state index in [1.807, 2.05) is 19.2 Å². The zero-order chi connectivity index (χ0) is 19.9. The van der Waals surface area contributed by atoms with Gasteiger partial charge in [-0.2, -0.15) is 0 Å². The second-order valence-corrected chi connectivity index (χ2v) is 7.59. The highest BCUT2D eigenvalue weighted by atomic mass is 16.5. The number of likely N-dealkylation sites (N-methyl/N-ethyl adjacent to an activating group) is 1. The normalized spacial score (nSPS) is 24.5. The fourth-order valence-electron chi connectivity index (χ4n) is 3.93. The number of hydrogen-bond acceptors (Lipinski definition) is 5. The lowest BCUT2D eigenvalue weighted by atomic mass is 10.1. The van der Waals surface area contributed by atoms with Crippen molar-refractivity contribution in [2.45, 2.75) is 31.1 Å². The lowest BCUT2D eigenvalue weighted by Gasteiger charge is -2.37. The summed E-state index contributed by atoms with van der Waals surface area (Å²) in [6.45, 7) is 4.00. The molecule has 0 bridgehead atoms. The number of nitrogens with zero attached hydrogens (tertiary/aromatic N) is 3. The number of rotatable bonds is 6. The summed E-state index contributed by atoms with van der Waals surface area (Å²) in [5.41, 5.74) is 1.24. The predicted octanol–water partition coefficient (Wildman–Crippen LogP) is 1.75. The summed E-state index contributed by atoms with van der Waals surface area (Å²) < 4.78 is 17.1. The molecule has 3 atom stereocenters. The third-order valence-corrected chi connectivity index (χ3v) is 5.56. The van der Waals surface area contributed by atoms with Crippen LogP contribution in [-0.4, -0.2) is 89.1 Å². The molecule has 7 heteroatoms. The van der Waals surface area contributed by atoms with E-state index >= 15 is 0 Å². The van der Waals surface area contributed by atoms with E-state index in [4.69, 9.17) is 14.2 Å². The number of ether oxygens (including phenoxy) is 3. The van der Waals surface area contributed by atoms with Gasteiger partial charge in [-0.15, -0.1) is 0 Å². The molecule has 0 spiro atoms. The zero-order valence-electron chi connectivity index (χ0n) is 17.6.